The molecule has 2 aromatic heterocycles. The normalized spacial score (nSPS) is 12.3. The molecule has 0 saturated heterocycles. The summed E-state index contributed by atoms with van der Waals surface area (Å²) < 4.78 is 5.40. The van der Waals surface area contributed by atoms with Crippen LogP contribution in [0, 0.1) is 22.7 Å². The summed E-state index contributed by atoms with van der Waals surface area (Å²) in [4.78, 5) is 18.8. The van der Waals surface area contributed by atoms with Gasteiger partial charge in [-0.25, -0.2) is 4.98 Å². The van der Waals surface area contributed by atoms with Crippen LogP contribution in [0.3, 0.4) is 0 Å². The van der Waals surface area contributed by atoms with Gasteiger partial charge < -0.3 is 15.1 Å². The molecule has 1 aliphatic heterocycles. The molecule has 3 aromatic rings. The van der Waals surface area contributed by atoms with Crippen LogP contribution in [0.15, 0.2) is 52.1 Å². The van der Waals surface area contributed by atoms with Crippen molar-refractivity contribution in [3.8, 4) is 23.5 Å². The Morgan fingerprint density at radius 3 is 2.73 bits per heavy atom. The Kier molecular flexibility index (Phi) is 5.42. The summed E-state index contributed by atoms with van der Waals surface area (Å²) >= 11 is 1.27. The molecule has 0 aliphatic carbocycles. The first-order valence-electron chi connectivity index (χ1n) is 9.32. The van der Waals surface area contributed by atoms with Gasteiger partial charge in [-0.05, 0) is 30.2 Å². The number of pyridine rings is 1. The van der Waals surface area contributed by atoms with Gasteiger partial charge in [0, 0.05) is 24.4 Å². The lowest BCUT2D eigenvalue weighted by Gasteiger charge is -2.17. The zero-order valence-corrected chi connectivity index (χ0v) is 16.8. The fourth-order valence-electron chi connectivity index (χ4n) is 3.54. The van der Waals surface area contributed by atoms with E-state index in [1.807, 2.05) is 30.3 Å². The van der Waals surface area contributed by atoms with Gasteiger partial charge in [0.15, 0.2) is 0 Å². The average Bonchev–Trinajstić information content (AvgIpc) is 3.43. The number of fused-ring (bicyclic) bond motifs is 1. The molecule has 0 saturated carbocycles. The molecule has 1 aromatic carbocycles. The quantitative estimate of drug-likeness (QED) is 0.630. The second-order valence-corrected chi connectivity index (χ2v) is 7.73. The fourth-order valence-corrected chi connectivity index (χ4v) is 4.46. The number of para-hydroxylation sites is 1. The van der Waals surface area contributed by atoms with Crippen LogP contribution in [0.5, 0.6) is 0 Å². The zero-order valence-electron chi connectivity index (χ0n) is 16.0. The number of furan rings is 1. The molecular formula is C22H17N5O2S. The van der Waals surface area contributed by atoms with E-state index in [1.165, 1.54) is 23.6 Å². The van der Waals surface area contributed by atoms with Gasteiger partial charge >= 0.3 is 0 Å². The Morgan fingerprint density at radius 1 is 1.20 bits per heavy atom. The molecule has 2 N–H and O–H groups in total. The summed E-state index contributed by atoms with van der Waals surface area (Å²) in [6.07, 6.45) is 2.61. The molecule has 0 spiro atoms. The maximum absolute atomic E-state index is 12.7. The van der Waals surface area contributed by atoms with E-state index in [1.54, 1.807) is 17.0 Å². The number of hydrogen-bond donors (Lipinski definition) is 1. The van der Waals surface area contributed by atoms with Gasteiger partial charge in [0.25, 0.3) is 0 Å². The van der Waals surface area contributed by atoms with Crippen molar-refractivity contribution in [2.45, 2.75) is 17.9 Å². The predicted octanol–water partition coefficient (Wildman–Crippen LogP) is 3.74. The number of anilines is 2. The summed E-state index contributed by atoms with van der Waals surface area (Å²) in [5.74, 6) is 0.870. The Labute approximate surface area is 177 Å². The number of thioether (sulfide) groups is 1. The lowest BCUT2D eigenvalue weighted by Crippen LogP contribution is -2.29. The topological polar surface area (TPSA) is 120 Å². The van der Waals surface area contributed by atoms with Crippen LogP contribution in [0.25, 0.3) is 11.3 Å². The van der Waals surface area contributed by atoms with Crippen molar-refractivity contribution in [3.05, 3.63) is 59.4 Å². The Morgan fingerprint density at radius 2 is 2.00 bits per heavy atom. The van der Waals surface area contributed by atoms with E-state index in [0.29, 0.717) is 35.1 Å². The van der Waals surface area contributed by atoms with Crippen molar-refractivity contribution in [2.24, 2.45) is 0 Å². The molecule has 0 bridgehead atoms. The van der Waals surface area contributed by atoms with Gasteiger partial charge in [0.05, 0.1) is 17.4 Å². The lowest BCUT2D eigenvalue weighted by molar-refractivity contribution is -0.118. The number of nitrogens with two attached hydrogens (primary N) is 1. The van der Waals surface area contributed by atoms with Gasteiger partial charge in [-0.3, -0.25) is 4.79 Å². The molecule has 148 valence electrons. The smallest absolute Gasteiger partial charge is 0.227 e. The Balaban J connectivity index is 1.54. The molecule has 0 radical (unpaired) electrons. The highest BCUT2D eigenvalue weighted by Gasteiger charge is 2.25. The zero-order chi connectivity index (χ0) is 21.1. The highest BCUT2D eigenvalue weighted by Crippen LogP contribution is 2.36. The summed E-state index contributed by atoms with van der Waals surface area (Å²) in [5, 5.41) is 19.6. The van der Waals surface area contributed by atoms with Crippen molar-refractivity contribution in [2.75, 3.05) is 22.9 Å². The van der Waals surface area contributed by atoms with E-state index >= 15 is 0 Å². The summed E-state index contributed by atoms with van der Waals surface area (Å²) in [7, 11) is 0. The second kappa shape index (κ2) is 8.32. The number of carbonyl (C=O) groups is 1. The van der Waals surface area contributed by atoms with Gasteiger partial charge in [-0.1, -0.05) is 18.2 Å². The molecule has 7 nitrogen and oxygen atoms in total. The van der Waals surface area contributed by atoms with Crippen molar-refractivity contribution in [1.29, 1.82) is 10.5 Å². The monoisotopic (exact) mass is 415 g/mol. The summed E-state index contributed by atoms with van der Waals surface area (Å²) in [6.45, 7) is 0.678. The van der Waals surface area contributed by atoms with E-state index in [0.717, 1.165) is 12.1 Å². The van der Waals surface area contributed by atoms with Crippen LogP contribution in [0.2, 0.25) is 0 Å². The average molecular weight is 415 g/mol. The Hall–Kier alpha value is -3.75. The number of nitrogen functional groups attached to an aromatic ring is 1. The largest absolute Gasteiger partial charge is 0.464 e. The molecule has 8 heteroatoms. The van der Waals surface area contributed by atoms with Crippen molar-refractivity contribution in [3.63, 3.8) is 0 Å². The number of carbonyl (C=O) groups excluding carboxylic acids is 1. The number of nitriles is 2. The van der Waals surface area contributed by atoms with Crippen LogP contribution in [-0.4, -0.2) is 23.2 Å². The molecule has 0 fully saturated rings. The first-order valence-corrected chi connectivity index (χ1v) is 10.3. The van der Waals surface area contributed by atoms with Gasteiger partial charge in [0.1, 0.15) is 34.3 Å². The number of hydrogen-bond acceptors (Lipinski definition) is 7. The molecule has 1 aliphatic rings. The van der Waals surface area contributed by atoms with E-state index < -0.39 is 0 Å². The number of aromatic nitrogens is 1. The molecule has 3 heterocycles. The summed E-state index contributed by atoms with van der Waals surface area (Å²) in [6, 6.07) is 15.4. The van der Waals surface area contributed by atoms with Crippen LogP contribution in [-0.2, 0) is 11.2 Å². The molecule has 30 heavy (non-hydrogen) atoms. The molecule has 0 unspecified atom stereocenters. The number of amides is 1. The van der Waals surface area contributed by atoms with E-state index in [4.69, 9.17) is 10.2 Å². The van der Waals surface area contributed by atoms with Crippen molar-refractivity contribution < 1.29 is 9.21 Å². The van der Waals surface area contributed by atoms with Crippen LogP contribution < -0.4 is 10.6 Å². The Bertz CT molecular complexity index is 1190. The third kappa shape index (κ3) is 3.49. The highest BCUT2D eigenvalue weighted by molar-refractivity contribution is 7.99. The van der Waals surface area contributed by atoms with Gasteiger partial charge in [-0.2, -0.15) is 10.5 Å². The van der Waals surface area contributed by atoms with Gasteiger partial charge in [-0.15, -0.1) is 11.8 Å². The summed E-state index contributed by atoms with van der Waals surface area (Å²) in [5.41, 5.74) is 8.78. The lowest BCUT2D eigenvalue weighted by atomic mass is 10.0. The van der Waals surface area contributed by atoms with Crippen molar-refractivity contribution in [1.82, 2.24) is 4.98 Å². The predicted molar refractivity (Wildman–Crippen MR) is 114 cm³/mol. The molecular weight excluding hydrogens is 398 g/mol. The maximum atomic E-state index is 12.7. The SMILES string of the molecule is N#Cc1c(N)nc(SCCC(=O)N2CCc3ccccc32)c(C#N)c1-c1ccco1. The van der Waals surface area contributed by atoms with E-state index in [9.17, 15) is 15.3 Å². The molecule has 0 atom stereocenters. The molecule has 1 amide bonds. The van der Waals surface area contributed by atoms with Crippen molar-refractivity contribution >= 4 is 29.2 Å². The second-order valence-electron chi connectivity index (χ2n) is 6.65. The van der Waals surface area contributed by atoms with Crippen LogP contribution in [0.4, 0.5) is 11.5 Å². The number of nitrogens with zero attached hydrogens (tertiary/aromatic N) is 4. The van der Waals surface area contributed by atoms with Gasteiger partial charge in [0.2, 0.25) is 5.91 Å². The van der Waals surface area contributed by atoms with E-state index in [2.05, 4.69) is 11.1 Å². The fraction of sp³-hybridized carbons (Fsp3) is 0.182. The third-order valence-corrected chi connectivity index (χ3v) is 5.90. The number of benzene rings is 1. The minimum atomic E-state index is 0.0267. The maximum Gasteiger partial charge on any atom is 0.227 e. The van der Waals surface area contributed by atoms with Crippen LogP contribution >= 0.6 is 11.8 Å². The third-order valence-electron chi connectivity index (χ3n) is 4.93. The van der Waals surface area contributed by atoms with E-state index in [-0.39, 0.29) is 22.9 Å². The minimum absolute atomic E-state index is 0.0267. The number of rotatable bonds is 5. The standard InChI is InChI=1S/C22H17N5O2S/c23-12-15-20(18-6-3-10-29-18)16(13-24)22(26-21(15)25)30-11-8-19(28)27-9-7-14-4-1-2-5-17(14)27/h1-6,10H,7-9,11H2,(H2,25,26). The minimum Gasteiger partial charge on any atom is -0.464 e. The van der Waals surface area contributed by atoms with Crippen LogP contribution in [0.1, 0.15) is 23.1 Å². The molecule has 4 rings (SSSR count). The highest BCUT2D eigenvalue weighted by atomic mass is 32.2. The first-order chi connectivity index (χ1) is 14.6. The first kappa shape index (κ1) is 19.6.